The second kappa shape index (κ2) is 6.63. The third kappa shape index (κ3) is 3.52. The summed E-state index contributed by atoms with van der Waals surface area (Å²) < 4.78 is 15.8. The normalized spacial score (nSPS) is 14.8. The van der Waals surface area contributed by atoms with Gasteiger partial charge in [0.05, 0.1) is 12.6 Å². The van der Waals surface area contributed by atoms with E-state index in [0.29, 0.717) is 42.8 Å². The fraction of sp³-hybridized carbons (Fsp3) is 0.462. The van der Waals surface area contributed by atoms with Crippen LogP contribution >= 0.6 is 11.6 Å². The van der Waals surface area contributed by atoms with Crippen LogP contribution in [0.1, 0.15) is 10.4 Å². The number of benzene rings is 1. The van der Waals surface area contributed by atoms with Crippen molar-refractivity contribution < 1.29 is 19.0 Å². The molecule has 0 saturated heterocycles. The quantitative estimate of drug-likeness (QED) is 0.832. The summed E-state index contributed by atoms with van der Waals surface area (Å²) in [4.78, 5) is 12.1. The van der Waals surface area contributed by atoms with E-state index in [1.807, 2.05) is 0 Å². The van der Waals surface area contributed by atoms with Gasteiger partial charge >= 0.3 is 0 Å². The highest BCUT2D eigenvalue weighted by molar-refractivity contribution is 6.18. The molecule has 1 aromatic rings. The summed E-state index contributed by atoms with van der Waals surface area (Å²) in [6, 6.07) is 4.88. The lowest BCUT2D eigenvalue weighted by molar-refractivity contribution is 0.0905. The van der Waals surface area contributed by atoms with E-state index in [1.165, 1.54) is 0 Å². The lowest BCUT2D eigenvalue weighted by Crippen LogP contribution is -2.39. The molecule has 0 aromatic heterocycles. The molecule has 1 aliphatic rings. The predicted octanol–water partition coefficient (Wildman–Crippen LogP) is 1.44. The molecule has 2 rings (SSSR count). The zero-order chi connectivity index (χ0) is 13.7. The maximum atomic E-state index is 12.1. The maximum absolute atomic E-state index is 12.1. The van der Waals surface area contributed by atoms with Crippen molar-refractivity contribution in [2.75, 3.05) is 32.8 Å². The molecule has 1 amide bonds. The van der Waals surface area contributed by atoms with Gasteiger partial charge in [0.1, 0.15) is 13.2 Å². The second-order valence-corrected chi connectivity index (χ2v) is 4.45. The number of halogens is 1. The molecule has 104 valence electrons. The Bertz CT molecular complexity index is 452. The molecule has 1 unspecified atom stereocenters. The maximum Gasteiger partial charge on any atom is 0.251 e. The Kier molecular flexibility index (Phi) is 4.87. The first-order valence-corrected chi connectivity index (χ1v) is 6.53. The predicted molar refractivity (Wildman–Crippen MR) is 71.3 cm³/mol. The van der Waals surface area contributed by atoms with Gasteiger partial charge in [-0.15, -0.1) is 11.6 Å². The van der Waals surface area contributed by atoms with Gasteiger partial charge in [-0.1, -0.05) is 0 Å². The fourth-order valence-electron chi connectivity index (χ4n) is 1.78. The van der Waals surface area contributed by atoms with Gasteiger partial charge in [0.2, 0.25) is 0 Å². The number of amides is 1. The molecular weight excluding hydrogens is 270 g/mol. The first-order chi connectivity index (χ1) is 9.24. The summed E-state index contributed by atoms with van der Waals surface area (Å²) in [5, 5.41) is 2.80. The lowest BCUT2D eigenvalue weighted by Gasteiger charge is -2.19. The standard InChI is InChI=1S/C13H16ClNO4/c1-17-8-10(7-14)15-13(16)9-2-3-11-12(6-9)19-5-4-18-11/h2-3,6,10H,4-5,7-8H2,1H3,(H,15,16). The summed E-state index contributed by atoms with van der Waals surface area (Å²) >= 11 is 5.75. The first kappa shape index (κ1) is 14.0. The van der Waals surface area contributed by atoms with E-state index in [1.54, 1.807) is 25.3 Å². The number of hydrogen-bond donors (Lipinski definition) is 1. The summed E-state index contributed by atoms with van der Waals surface area (Å²) in [6.07, 6.45) is 0. The van der Waals surface area contributed by atoms with Crippen LogP contribution in [0.25, 0.3) is 0 Å². The molecule has 1 aromatic carbocycles. The Morgan fingerprint density at radius 2 is 2.16 bits per heavy atom. The van der Waals surface area contributed by atoms with Crippen molar-refractivity contribution in [2.45, 2.75) is 6.04 Å². The third-order valence-corrected chi connectivity index (χ3v) is 3.07. The average molecular weight is 286 g/mol. The molecule has 1 N–H and O–H groups in total. The van der Waals surface area contributed by atoms with E-state index in [9.17, 15) is 4.79 Å². The van der Waals surface area contributed by atoms with Gasteiger partial charge in [-0.2, -0.15) is 0 Å². The Labute approximate surface area is 116 Å². The van der Waals surface area contributed by atoms with Crippen LogP contribution in [0.3, 0.4) is 0 Å². The van der Waals surface area contributed by atoms with Gasteiger partial charge in [-0.25, -0.2) is 0 Å². The van der Waals surface area contributed by atoms with Crippen molar-refractivity contribution in [3.63, 3.8) is 0 Å². The fourth-order valence-corrected chi connectivity index (χ4v) is 1.95. The molecule has 0 radical (unpaired) electrons. The van der Waals surface area contributed by atoms with Crippen molar-refractivity contribution in [1.29, 1.82) is 0 Å². The summed E-state index contributed by atoms with van der Waals surface area (Å²) in [7, 11) is 1.57. The van der Waals surface area contributed by atoms with Gasteiger partial charge in [0.25, 0.3) is 5.91 Å². The molecular formula is C13H16ClNO4. The minimum absolute atomic E-state index is 0.209. The second-order valence-electron chi connectivity index (χ2n) is 4.14. The Balaban J connectivity index is 2.06. The SMILES string of the molecule is COCC(CCl)NC(=O)c1ccc2c(c1)OCCO2. The van der Waals surface area contributed by atoms with Crippen molar-refractivity contribution in [1.82, 2.24) is 5.32 Å². The number of methoxy groups -OCH3 is 1. The minimum atomic E-state index is -0.215. The zero-order valence-corrected chi connectivity index (χ0v) is 11.4. The Morgan fingerprint density at radius 1 is 1.42 bits per heavy atom. The number of carbonyl (C=O) groups is 1. The van der Waals surface area contributed by atoms with Crippen LogP contribution in [0.5, 0.6) is 11.5 Å². The van der Waals surface area contributed by atoms with E-state index in [2.05, 4.69) is 5.32 Å². The molecule has 5 nitrogen and oxygen atoms in total. The number of hydrogen-bond acceptors (Lipinski definition) is 4. The van der Waals surface area contributed by atoms with Crippen LogP contribution in [0.2, 0.25) is 0 Å². The molecule has 0 aliphatic carbocycles. The number of carbonyl (C=O) groups excluding carboxylic acids is 1. The lowest BCUT2D eigenvalue weighted by atomic mass is 10.1. The number of ether oxygens (including phenoxy) is 3. The van der Waals surface area contributed by atoms with Crippen molar-refractivity contribution >= 4 is 17.5 Å². The highest BCUT2D eigenvalue weighted by atomic mass is 35.5. The third-order valence-electron chi connectivity index (χ3n) is 2.69. The molecule has 0 spiro atoms. The van der Waals surface area contributed by atoms with Crippen molar-refractivity contribution in [3.05, 3.63) is 23.8 Å². The molecule has 6 heteroatoms. The van der Waals surface area contributed by atoms with Gasteiger partial charge in [0.15, 0.2) is 11.5 Å². The monoisotopic (exact) mass is 285 g/mol. The van der Waals surface area contributed by atoms with Gasteiger partial charge in [0, 0.05) is 18.6 Å². The highest BCUT2D eigenvalue weighted by Gasteiger charge is 2.17. The van der Waals surface area contributed by atoms with E-state index >= 15 is 0 Å². The molecule has 1 heterocycles. The molecule has 1 atom stereocenters. The van der Waals surface area contributed by atoms with Crippen molar-refractivity contribution in [2.24, 2.45) is 0 Å². The van der Waals surface area contributed by atoms with E-state index in [-0.39, 0.29) is 11.9 Å². The van der Waals surface area contributed by atoms with Gasteiger partial charge in [-0.05, 0) is 18.2 Å². The van der Waals surface area contributed by atoms with Gasteiger partial charge in [-0.3, -0.25) is 4.79 Å². The van der Waals surface area contributed by atoms with Crippen LogP contribution in [0.4, 0.5) is 0 Å². The Morgan fingerprint density at radius 3 is 2.84 bits per heavy atom. The Hall–Kier alpha value is -1.46. The number of alkyl halides is 1. The minimum Gasteiger partial charge on any atom is -0.486 e. The number of nitrogens with one attached hydrogen (secondary N) is 1. The molecule has 0 bridgehead atoms. The largest absolute Gasteiger partial charge is 0.486 e. The molecule has 0 saturated carbocycles. The number of fused-ring (bicyclic) bond motifs is 1. The van der Waals surface area contributed by atoms with Crippen LogP contribution < -0.4 is 14.8 Å². The molecule has 19 heavy (non-hydrogen) atoms. The van der Waals surface area contributed by atoms with E-state index in [0.717, 1.165) is 0 Å². The zero-order valence-electron chi connectivity index (χ0n) is 10.6. The highest BCUT2D eigenvalue weighted by Crippen LogP contribution is 2.30. The van der Waals surface area contributed by atoms with Crippen LogP contribution in [-0.4, -0.2) is 44.8 Å². The van der Waals surface area contributed by atoms with Gasteiger partial charge < -0.3 is 19.5 Å². The first-order valence-electron chi connectivity index (χ1n) is 6.00. The average Bonchev–Trinajstić information content (AvgIpc) is 2.46. The summed E-state index contributed by atoms with van der Waals surface area (Å²) in [5.41, 5.74) is 0.510. The van der Waals surface area contributed by atoms with E-state index in [4.69, 9.17) is 25.8 Å². The molecule has 1 aliphatic heterocycles. The van der Waals surface area contributed by atoms with E-state index < -0.39 is 0 Å². The van der Waals surface area contributed by atoms with Crippen LogP contribution in [0.15, 0.2) is 18.2 Å². The van der Waals surface area contributed by atoms with Crippen LogP contribution in [-0.2, 0) is 4.74 Å². The van der Waals surface area contributed by atoms with Crippen LogP contribution in [0, 0.1) is 0 Å². The number of rotatable bonds is 5. The topological polar surface area (TPSA) is 56.8 Å². The molecule has 0 fully saturated rings. The smallest absolute Gasteiger partial charge is 0.251 e. The van der Waals surface area contributed by atoms with Crippen molar-refractivity contribution in [3.8, 4) is 11.5 Å². The summed E-state index contributed by atoms with van der Waals surface area (Å²) in [5.74, 6) is 1.34. The summed E-state index contributed by atoms with van der Waals surface area (Å²) in [6.45, 7) is 1.40.